The van der Waals surface area contributed by atoms with Crippen LogP contribution in [0.1, 0.15) is 40.9 Å². The average molecular weight is 596 g/mol. The summed E-state index contributed by atoms with van der Waals surface area (Å²) in [6.45, 7) is 2.25. The number of anilines is 1. The number of hydrogen-bond acceptors (Lipinski definition) is 4. The van der Waals surface area contributed by atoms with E-state index in [1.165, 1.54) is 44.2 Å². The van der Waals surface area contributed by atoms with Gasteiger partial charge in [-0.25, -0.2) is 4.39 Å². The fourth-order valence-electron chi connectivity index (χ4n) is 3.15. The minimum absolute atomic E-state index is 0.0503. The minimum atomic E-state index is -4.88. The van der Waals surface area contributed by atoms with Gasteiger partial charge in [-0.2, -0.15) is 13.2 Å². The Balaban J connectivity index is 1.76. The second-order valence-electron chi connectivity index (χ2n) is 8.91. The van der Waals surface area contributed by atoms with Crippen LogP contribution in [-0.2, 0) is 15.8 Å². The van der Waals surface area contributed by atoms with E-state index >= 15 is 0 Å². The van der Waals surface area contributed by atoms with Crippen molar-refractivity contribution in [2.45, 2.75) is 20.0 Å². The Bertz CT molecular complexity index is 1560. The third-order valence-electron chi connectivity index (χ3n) is 5.33. The summed E-state index contributed by atoms with van der Waals surface area (Å²) in [4.78, 5) is 36.7. The van der Waals surface area contributed by atoms with Crippen molar-refractivity contribution < 1.29 is 41.8 Å². The molecular formula is C28H19Cl2F4NO5. The zero-order valence-electron chi connectivity index (χ0n) is 20.8. The van der Waals surface area contributed by atoms with Crippen LogP contribution in [0.15, 0.2) is 54.6 Å². The highest BCUT2D eigenvalue weighted by molar-refractivity contribution is 6.33. The third kappa shape index (κ3) is 7.74. The monoisotopic (exact) mass is 595 g/mol. The predicted molar refractivity (Wildman–Crippen MR) is 140 cm³/mol. The number of rotatable bonds is 7. The molecular weight excluding hydrogens is 577 g/mol. The zero-order valence-corrected chi connectivity index (χ0v) is 22.3. The number of aliphatic carboxylic acids is 1. The van der Waals surface area contributed by atoms with Gasteiger partial charge in [-0.3, -0.25) is 14.4 Å². The molecule has 208 valence electrons. The number of alkyl halides is 3. The number of carboxylic acids is 1. The molecule has 0 aliphatic carbocycles. The molecule has 3 rings (SSSR count). The summed E-state index contributed by atoms with van der Waals surface area (Å²) >= 11 is 12.2. The highest BCUT2D eigenvalue weighted by Gasteiger charge is 2.32. The van der Waals surface area contributed by atoms with Crippen molar-refractivity contribution in [2.75, 3.05) is 11.9 Å². The van der Waals surface area contributed by atoms with Crippen LogP contribution >= 0.6 is 23.2 Å². The Morgan fingerprint density at radius 2 is 1.70 bits per heavy atom. The first kappa shape index (κ1) is 30.5. The van der Waals surface area contributed by atoms with Gasteiger partial charge in [0.25, 0.3) is 5.91 Å². The molecule has 40 heavy (non-hydrogen) atoms. The maximum Gasteiger partial charge on any atom is 0.416 e. The molecule has 0 radical (unpaired) electrons. The summed E-state index contributed by atoms with van der Waals surface area (Å²) < 4.78 is 58.6. The maximum absolute atomic E-state index is 13.9. The van der Waals surface area contributed by atoms with E-state index in [9.17, 15) is 31.9 Å². The van der Waals surface area contributed by atoms with Gasteiger partial charge in [0.2, 0.25) is 0 Å². The van der Waals surface area contributed by atoms with Crippen LogP contribution in [0.25, 0.3) is 0 Å². The molecule has 0 aromatic heterocycles. The van der Waals surface area contributed by atoms with Gasteiger partial charge in [0.1, 0.15) is 17.0 Å². The number of benzene rings is 3. The lowest BCUT2D eigenvalue weighted by Crippen LogP contribution is -2.21. The second kappa shape index (κ2) is 12.0. The van der Waals surface area contributed by atoms with Gasteiger partial charge in [-0.15, -0.1) is 0 Å². The molecule has 0 unspecified atom stereocenters. The standard InChI is InChI=1S/C28H19Cl2F4NO5/c1-27(2,26(38)39)8-7-15-3-5-22(21(30)9-15)35-24(36)14-40-23-6-4-18(29)13-20(23)25(37)16-10-17(28(32,33)34)12-19(31)11-16/h3-6,9-13H,14H2,1-2H3,(H,35,36)(H,38,39). The summed E-state index contributed by atoms with van der Waals surface area (Å²) in [5.41, 5.74) is -2.92. The van der Waals surface area contributed by atoms with Gasteiger partial charge in [0.15, 0.2) is 12.4 Å². The van der Waals surface area contributed by atoms with Gasteiger partial charge < -0.3 is 15.2 Å². The van der Waals surface area contributed by atoms with Crippen molar-refractivity contribution in [2.24, 2.45) is 5.41 Å². The van der Waals surface area contributed by atoms with Crippen molar-refractivity contribution in [3.05, 3.63) is 92.7 Å². The Hall–Kier alpha value is -4.07. The van der Waals surface area contributed by atoms with E-state index in [1.54, 1.807) is 0 Å². The minimum Gasteiger partial charge on any atom is -0.483 e. The summed E-state index contributed by atoms with van der Waals surface area (Å²) in [7, 11) is 0. The zero-order chi connectivity index (χ0) is 29.8. The van der Waals surface area contributed by atoms with E-state index in [2.05, 4.69) is 17.2 Å². The van der Waals surface area contributed by atoms with Crippen molar-refractivity contribution in [3.8, 4) is 17.6 Å². The van der Waals surface area contributed by atoms with E-state index in [0.717, 1.165) is 6.07 Å². The number of ether oxygens (including phenoxy) is 1. The molecule has 2 N–H and O–H groups in total. The van der Waals surface area contributed by atoms with Gasteiger partial charge in [-0.1, -0.05) is 35.0 Å². The first-order chi connectivity index (χ1) is 18.6. The molecule has 0 saturated carbocycles. The molecule has 0 aliphatic heterocycles. The van der Waals surface area contributed by atoms with Crippen LogP contribution in [0.4, 0.5) is 23.2 Å². The summed E-state index contributed by atoms with van der Waals surface area (Å²) in [6.07, 6.45) is -4.88. The van der Waals surface area contributed by atoms with E-state index in [4.69, 9.17) is 33.0 Å². The van der Waals surface area contributed by atoms with Crippen LogP contribution in [0.3, 0.4) is 0 Å². The van der Waals surface area contributed by atoms with Crippen molar-refractivity contribution >= 4 is 46.5 Å². The smallest absolute Gasteiger partial charge is 0.416 e. The van der Waals surface area contributed by atoms with Crippen LogP contribution in [0, 0.1) is 23.1 Å². The Kier molecular flexibility index (Phi) is 9.13. The first-order valence-electron chi connectivity index (χ1n) is 11.3. The van der Waals surface area contributed by atoms with Crippen LogP contribution in [0.2, 0.25) is 10.0 Å². The number of ketones is 1. The number of hydrogen-bond donors (Lipinski definition) is 2. The van der Waals surface area contributed by atoms with Crippen molar-refractivity contribution in [1.82, 2.24) is 0 Å². The van der Waals surface area contributed by atoms with Gasteiger partial charge >= 0.3 is 12.1 Å². The fraction of sp³-hybridized carbons (Fsp3) is 0.179. The second-order valence-corrected chi connectivity index (χ2v) is 9.75. The summed E-state index contributed by atoms with van der Waals surface area (Å²) in [6, 6.07) is 9.48. The molecule has 0 bridgehead atoms. The number of amides is 1. The number of carbonyl (C=O) groups excluding carboxylic acids is 2. The fourth-order valence-corrected chi connectivity index (χ4v) is 3.55. The normalized spacial score (nSPS) is 11.3. The first-order valence-corrected chi connectivity index (χ1v) is 12.0. The quantitative estimate of drug-likeness (QED) is 0.177. The topological polar surface area (TPSA) is 92.7 Å². The molecule has 0 aliphatic rings. The number of carboxylic acid groups (broad SMARTS) is 1. The lowest BCUT2D eigenvalue weighted by Gasteiger charge is -2.13. The molecule has 1 amide bonds. The summed E-state index contributed by atoms with van der Waals surface area (Å²) in [5, 5.41) is 11.8. The number of halogens is 6. The van der Waals surface area contributed by atoms with Crippen molar-refractivity contribution in [1.29, 1.82) is 0 Å². The molecule has 0 saturated heterocycles. The molecule has 0 heterocycles. The average Bonchev–Trinajstić information content (AvgIpc) is 2.86. The number of carbonyl (C=O) groups is 3. The van der Waals surface area contributed by atoms with Gasteiger partial charge in [0.05, 0.1) is 21.8 Å². The van der Waals surface area contributed by atoms with E-state index in [1.807, 2.05) is 0 Å². The van der Waals surface area contributed by atoms with Crippen LogP contribution in [0.5, 0.6) is 5.75 Å². The largest absolute Gasteiger partial charge is 0.483 e. The molecule has 3 aromatic carbocycles. The molecule has 12 heteroatoms. The predicted octanol–water partition coefficient (Wildman–Crippen LogP) is 6.86. The third-order valence-corrected chi connectivity index (χ3v) is 5.88. The molecule has 0 spiro atoms. The lowest BCUT2D eigenvalue weighted by atomic mass is 9.94. The Labute approximate surface area is 235 Å². The van der Waals surface area contributed by atoms with Crippen molar-refractivity contribution in [3.63, 3.8) is 0 Å². The molecule has 0 atom stereocenters. The van der Waals surface area contributed by atoms with E-state index in [-0.39, 0.29) is 33.1 Å². The lowest BCUT2D eigenvalue weighted by molar-refractivity contribution is -0.143. The van der Waals surface area contributed by atoms with E-state index < -0.39 is 52.8 Å². The highest BCUT2D eigenvalue weighted by Crippen LogP contribution is 2.32. The Morgan fingerprint density at radius 1 is 1.00 bits per heavy atom. The van der Waals surface area contributed by atoms with Crippen LogP contribution in [-0.4, -0.2) is 29.4 Å². The van der Waals surface area contributed by atoms with E-state index in [0.29, 0.717) is 17.7 Å². The molecule has 3 aromatic rings. The highest BCUT2D eigenvalue weighted by atomic mass is 35.5. The summed E-state index contributed by atoms with van der Waals surface area (Å²) in [5.74, 6) is 1.07. The molecule has 6 nitrogen and oxygen atoms in total. The SMILES string of the molecule is CC(C)(C#Cc1ccc(NC(=O)COc2ccc(Cl)cc2C(=O)c2cc(F)cc(C(F)(F)F)c2)c(Cl)c1)C(=O)O. The molecule has 0 fully saturated rings. The van der Waals surface area contributed by atoms with Crippen LogP contribution < -0.4 is 10.1 Å². The maximum atomic E-state index is 13.9. The Morgan fingerprint density at radius 3 is 2.33 bits per heavy atom. The van der Waals surface area contributed by atoms with Gasteiger partial charge in [0, 0.05) is 16.1 Å². The number of nitrogens with one attached hydrogen (secondary N) is 1. The van der Waals surface area contributed by atoms with Gasteiger partial charge in [-0.05, 0) is 68.4 Å².